The molecule has 0 aromatic heterocycles. The van der Waals surface area contributed by atoms with Gasteiger partial charge >= 0.3 is 6.03 Å². The lowest BCUT2D eigenvalue weighted by molar-refractivity contribution is -0.134. The van der Waals surface area contributed by atoms with Crippen LogP contribution in [0.25, 0.3) is 0 Å². The Morgan fingerprint density at radius 2 is 1.74 bits per heavy atom. The Hall–Kier alpha value is -1.10. The fourth-order valence-electron chi connectivity index (χ4n) is 3.99. The molecule has 5 nitrogen and oxygen atoms in total. The van der Waals surface area contributed by atoms with Crippen LogP contribution in [0.3, 0.4) is 0 Å². The number of piperidine rings is 1. The van der Waals surface area contributed by atoms with Gasteiger partial charge in [0.2, 0.25) is 0 Å². The summed E-state index contributed by atoms with van der Waals surface area (Å²) in [4.78, 5) is 28.4. The summed E-state index contributed by atoms with van der Waals surface area (Å²) < 4.78 is 0. The molecule has 3 amide bonds. The van der Waals surface area contributed by atoms with E-state index in [0.29, 0.717) is 0 Å². The normalized spacial score (nSPS) is 28.5. The molecule has 1 saturated carbocycles. The molecule has 1 aliphatic carbocycles. The fraction of sp³-hybridized carbons (Fsp3) is 0.857. The molecule has 3 fully saturated rings. The molecule has 1 N–H and O–H groups in total. The summed E-state index contributed by atoms with van der Waals surface area (Å²) in [5.74, 6) is 0.0181. The average Bonchev–Trinajstić information content (AvgIpc) is 2.63. The van der Waals surface area contributed by atoms with E-state index in [0.717, 1.165) is 38.8 Å². The van der Waals surface area contributed by atoms with E-state index in [4.69, 9.17) is 0 Å². The second-order valence-electron chi connectivity index (χ2n) is 6.09. The molecule has 0 radical (unpaired) electrons. The third-order valence-electron chi connectivity index (χ3n) is 5.03. The van der Waals surface area contributed by atoms with Crippen molar-refractivity contribution in [1.82, 2.24) is 15.1 Å². The highest BCUT2D eigenvalue weighted by molar-refractivity contribution is 6.07. The van der Waals surface area contributed by atoms with Crippen molar-refractivity contribution in [3.63, 3.8) is 0 Å². The number of amides is 3. The number of nitrogens with zero attached hydrogens (tertiary/aromatic N) is 2. The van der Waals surface area contributed by atoms with E-state index in [-0.39, 0.29) is 18.0 Å². The maximum absolute atomic E-state index is 12.6. The van der Waals surface area contributed by atoms with Gasteiger partial charge in [0.15, 0.2) is 0 Å². The number of carbonyl (C=O) groups is 2. The molecule has 3 rings (SSSR count). The first kappa shape index (κ1) is 12.9. The summed E-state index contributed by atoms with van der Waals surface area (Å²) in [6.07, 6.45) is 7.26. The number of hydrogen-bond acceptors (Lipinski definition) is 3. The Kier molecular flexibility index (Phi) is 3.25. The molecule has 2 saturated heterocycles. The summed E-state index contributed by atoms with van der Waals surface area (Å²) in [7, 11) is 1.64. The van der Waals surface area contributed by atoms with Crippen molar-refractivity contribution in [1.29, 1.82) is 0 Å². The largest absolute Gasteiger partial charge is 0.327 e. The minimum absolute atomic E-state index is 0.0181. The molecule has 1 spiro atoms. The monoisotopic (exact) mass is 265 g/mol. The van der Waals surface area contributed by atoms with E-state index < -0.39 is 5.54 Å². The lowest BCUT2D eigenvalue weighted by atomic mass is 9.83. The molecule has 2 heterocycles. The molecule has 3 aliphatic rings. The number of rotatable bonds is 1. The maximum Gasteiger partial charge on any atom is 0.327 e. The fourth-order valence-corrected chi connectivity index (χ4v) is 3.99. The molecule has 5 heteroatoms. The van der Waals surface area contributed by atoms with E-state index in [2.05, 4.69) is 5.32 Å². The zero-order valence-electron chi connectivity index (χ0n) is 11.7. The van der Waals surface area contributed by atoms with Gasteiger partial charge in [-0.1, -0.05) is 19.3 Å². The van der Waals surface area contributed by atoms with Gasteiger partial charge in [-0.2, -0.15) is 0 Å². The highest BCUT2D eigenvalue weighted by Crippen LogP contribution is 2.39. The van der Waals surface area contributed by atoms with Crippen LogP contribution in [0.2, 0.25) is 0 Å². The predicted octanol–water partition coefficient (Wildman–Crippen LogP) is 1.34. The van der Waals surface area contributed by atoms with Crippen LogP contribution in [0.1, 0.15) is 44.9 Å². The Morgan fingerprint density at radius 1 is 1.11 bits per heavy atom. The highest BCUT2D eigenvalue weighted by Gasteiger charge is 2.57. The van der Waals surface area contributed by atoms with Crippen molar-refractivity contribution in [3.05, 3.63) is 0 Å². The van der Waals surface area contributed by atoms with Gasteiger partial charge in [-0.05, 0) is 38.8 Å². The molecule has 0 atom stereocenters. The van der Waals surface area contributed by atoms with Crippen LogP contribution in [0.5, 0.6) is 0 Å². The summed E-state index contributed by atoms with van der Waals surface area (Å²) >= 11 is 0. The first-order valence-electron chi connectivity index (χ1n) is 7.49. The molecular formula is C14H23N3O2. The van der Waals surface area contributed by atoms with Gasteiger partial charge in [-0.15, -0.1) is 0 Å². The molecule has 0 bridgehead atoms. The third kappa shape index (κ3) is 1.86. The van der Waals surface area contributed by atoms with Crippen molar-refractivity contribution >= 4 is 11.9 Å². The van der Waals surface area contributed by atoms with E-state index in [1.165, 1.54) is 24.2 Å². The van der Waals surface area contributed by atoms with E-state index >= 15 is 0 Å². The van der Waals surface area contributed by atoms with Gasteiger partial charge in [-0.3, -0.25) is 9.69 Å². The number of carbonyl (C=O) groups excluding carboxylic acids is 2. The van der Waals surface area contributed by atoms with Crippen LogP contribution in [0.15, 0.2) is 0 Å². The Balaban J connectivity index is 1.93. The summed E-state index contributed by atoms with van der Waals surface area (Å²) in [5.41, 5.74) is -0.543. The second kappa shape index (κ2) is 4.78. The highest BCUT2D eigenvalue weighted by atomic mass is 16.2. The Morgan fingerprint density at radius 3 is 2.37 bits per heavy atom. The second-order valence-corrected chi connectivity index (χ2v) is 6.09. The third-order valence-corrected chi connectivity index (χ3v) is 5.03. The maximum atomic E-state index is 12.6. The standard InChI is InChI=1S/C14H23N3O2/c1-16-12(18)14(7-9-15-10-8-14)17(13(16)19)11-5-3-2-4-6-11/h11,15H,2-10H2,1H3. The molecule has 2 aliphatic heterocycles. The molecule has 106 valence electrons. The van der Waals surface area contributed by atoms with E-state index in [1.807, 2.05) is 4.90 Å². The zero-order valence-corrected chi connectivity index (χ0v) is 11.7. The molecule has 0 aromatic rings. The average molecular weight is 265 g/mol. The van der Waals surface area contributed by atoms with E-state index in [1.54, 1.807) is 7.05 Å². The van der Waals surface area contributed by atoms with Crippen molar-refractivity contribution in [2.75, 3.05) is 20.1 Å². The van der Waals surface area contributed by atoms with E-state index in [9.17, 15) is 9.59 Å². The lowest BCUT2D eigenvalue weighted by Crippen LogP contribution is -2.59. The summed E-state index contributed by atoms with van der Waals surface area (Å²) in [6, 6.07) is 0.201. The summed E-state index contributed by atoms with van der Waals surface area (Å²) in [6.45, 7) is 1.66. The van der Waals surface area contributed by atoms with Gasteiger partial charge in [0, 0.05) is 13.1 Å². The minimum Gasteiger partial charge on any atom is -0.317 e. The van der Waals surface area contributed by atoms with Crippen LogP contribution < -0.4 is 5.32 Å². The first-order chi connectivity index (χ1) is 9.17. The number of hydrogen-bond donors (Lipinski definition) is 1. The van der Waals surface area contributed by atoms with Gasteiger partial charge in [-0.25, -0.2) is 4.79 Å². The van der Waals surface area contributed by atoms with Crippen LogP contribution in [-0.4, -0.2) is 53.5 Å². The number of urea groups is 1. The number of likely N-dealkylation sites (N-methyl/N-ethyl adjacent to an activating group) is 1. The topological polar surface area (TPSA) is 52.7 Å². The van der Waals surface area contributed by atoms with Crippen molar-refractivity contribution in [3.8, 4) is 0 Å². The lowest BCUT2D eigenvalue weighted by Gasteiger charge is -2.43. The van der Waals surface area contributed by atoms with Crippen LogP contribution in [0, 0.1) is 0 Å². The molecule has 0 aromatic carbocycles. The number of imide groups is 1. The summed E-state index contributed by atoms with van der Waals surface area (Å²) in [5, 5.41) is 3.30. The first-order valence-corrected chi connectivity index (χ1v) is 7.49. The molecule has 19 heavy (non-hydrogen) atoms. The van der Waals surface area contributed by atoms with Gasteiger partial charge < -0.3 is 10.2 Å². The smallest absolute Gasteiger partial charge is 0.317 e. The van der Waals surface area contributed by atoms with Gasteiger partial charge in [0.25, 0.3) is 5.91 Å². The van der Waals surface area contributed by atoms with Crippen LogP contribution >= 0.6 is 0 Å². The van der Waals surface area contributed by atoms with Crippen LogP contribution in [0.4, 0.5) is 4.79 Å². The Labute approximate surface area is 114 Å². The van der Waals surface area contributed by atoms with Gasteiger partial charge in [0.05, 0.1) is 0 Å². The van der Waals surface area contributed by atoms with Crippen molar-refractivity contribution in [2.45, 2.75) is 56.5 Å². The minimum atomic E-state index is -0.543. The van der Waals surface area contributed by atoms with Crippen molar-refractivity contribution in [2.24, 2.45) is 0 Å². The predicted molar refractivity (Wildman–Crippen MR) is 71.7 cm³/mol. The zero-order chi connectivity index (χ0) is 13.5. The quantitative estimate of drug-likeness (QED) is 0.728. The molecular weight excluding hydrogens is 242 g/mol. The number of nitrogens with one attached hydrogen (secondary N) is 1. The SMILES string of the molecule is CN1C(=O)N(C2CCCCC2)C2(CCNCC2)C1=O. The van der Waals surface area contributed by atoms with Gasteiger partial charge in [0.1, 0.15) is 5.54 Å². The Bertz CT molecular complexity index is 384. The van der Waals surface area contributed by atoms with Crippen LogP contribution in [-0.2, 0) is 4.79 Å². The van der Waals surface area contributed by atoms with Crippen molar-refractivity contribution < 1.29 is 9.59 Å². The molecule has 0 unspecified atom stereocenters.